The standard InChI is InChI=1S/C22H29N5O2S2/c1-4-5-8-11-27-21(29)19-15-9-6-7-10-16(15)31-20(19)24-22(27)30-13-18(28)23-17-12-14(2)25-26(17)3/h12H,4-11,13H2,1-3H3,(H,23,28). The maximum atomic E-state index is 13.5. The molecule has 0 atom stereocenters. The number of thiophene rings is 1. The van der Waals surface area contributed by atoms with Gasteiger partial charge in [-0.3, -0.25) is 18.8 Å². The fraction of sp³-hybridized carbons (Fsp3) is 0.545. The predicted molar refractivity (Wildman–Crippen MR) is 127 cm³/mol. The summed E-state index contributed by atoms with van der Waals surface area (Å²) in [6, 6.07) is 1.84. The Morgan fingerprint density at radius 1 is 1.29 bits per heavy atom. The summed E-state index contributed by atoms with van der Waals surface area (Å²) >= 11 is 2.99. The van der Waals surface area contributed by atoms with Gasteiger partial charge in [0.1, 0.15) is 10.6 Å². The molecule has 9 heteroatoms. The zero-order valence-electron chi connectivity index (χ0n) is 18.4. The lowest BCUT2D eigenvalue weighted by molar-refractivity contribution is -0.113. The SMILES string of the molecule is CCCCCn1c(SCC(=O)Nc2cc(C)nn2C)nc2sc3c(c2c1=O)CCCC3. The Labute approximate surface area is 190 Å². The van der Waals surface area contributed by atoms with Crippen molar-refractivity contribution < 1.29 is 4.79 Å². The fourth-order valence-corrected chi connectivity index (χ4v) is 6.21. The van der Waals surface area contributed by atoms with Crippen LogP contribution in [0.1, 0.15) is 55.2 Å². The van der Waals surface area contributed by atoms with Gasteiger partial charge in [-0.2, -0.15) is 5.10 Å². The molecule has 0 fully saturated rings. The molecule has 0 radical (unpaired) electrons. The van der Waals surface area contributed by atoms with E-state index in [9.17, 15) is 9.59 Å². The van der Waals surface area contributed by atoms with E-state index < -0.39 is 0 Å². The Balaban J connectivity index is 1.60. The average Bonchev–Trinajstić information content (AvgIpc) is 3.27. The number of fused-ring (bicyclic) bond motifs is 3. The number of anilines is 1. The van der Waals surface area contributed by atoms with Gasteiger partial charge in [0.2, 0.25) is 5.91 Å². The van der Waals surface area contributed by atoms with Gasteiger partial charge < -0.3 is 5.32 Å². The molecular formula is C22H29N5O2S2. The van der Waals surface area contributed by atoms with Gasteiger partial charge in [0.05, 0.1) is 16.8 Å². The van der Waals surface area contributed by atoms with E-state index in [1.54, 1.807) is 27.6 Å². The van der Waals surface area contributed by atoms with Gasteiger partial charge in [0, 0.05) is 24.5 Å². The Kier molecular flexibility index (Phi) is 6.81. The molecule has 0 saturated carbocycles. The molecule has 0 spiro atoms. The molecule has 3 aromatic heterocycles. The number of amides is 1. The third kappa shape index (κ3) is 4.72. The van der Waals surface area contributed by atoms with E-state index in [4.69, 9.17) is 4.98 Å². The van der Waals surface area contributed by atoms with Crippen LogP contribution in [0.4, 0.5) is 5.82 Å². The van der Waals surface area contributed by atoms with E-state index in [0.717, 1.165) is 54.4 Å². The molecule has 3 aromatic rings. The second-order valence-electron chi connectivity index (χ2n) is 8.08. The van der Waals surface area contributed by atoms with E-state index in [-0.39, 0.29) is 17.2 Å². The van der Waals surface area contributed by atoms with Gasteiger partial charge in [-0.15, -0.1) is 11.3 Å². The Morgan fingerprint density at radius 3 is 2.84 bits per heavy atom. The van der Waals surface area contributed by atoms with Crippen LogP contribution in [0, 0.1) is 6.92 Å². The zero-order valence-corrected chi connectivity index (χ0v) is 20.0. The number of rotatable bonds is 8. The highest BCUT2D eigenvalue weighted by Crippen LogP contribution is 2.34. The van der Waals surface area contributed by atoms with Crippen molar-refractivity contribution in [3.8, 4) is 0 Å². The van der Waals surface area contributed by atoms with Crippen LogP contribution in [0.15, 0.2) is 16.0 Å². The molecule has 1 aliphatic carbocycles. The molecule has 0 saturated heterocycles. The van der Waals surface area contributed by atoms with Gasteiger partial charge in [0.15, 0.2) is 5.16 Å². The summed E-state index contributed by atoms with van der Waals surface area (Å²) < 4.78 is 3.45. The molecule has 31 heavy (non-hydrogen) atoms. The fourth-order valence-electron chi connectivity index (χ4n) is 4.08. The molecule has 1 aliphatic rings. The molecule has 1 N–H and O–H groups in total. The third-order valence-corrected chi connectivity index (χ3v) is 7.79. The number of nitrogens with one attached hydrogen (secondary N) is 1. The van der Waals surface area contributed by atoms with Crippen molar-refractivity contribution in [1.29, 1.82) is 0 Å². The lowest BCUT2D eigenvalue weighted by atomic mass is 9.97. The van der Waals surface area contributed by atoms with Gasteiger partial charge in [0.25, 0.3) is 5.56 Å². The highest BCUT2D eigenvalue weighted by atomic mass is 32.2. The number of aryl methyl sites for hydroxylation is 4. The summed E-state index contributed by atoms with van der Waals surface area (Å²) in [5.74, 6) is 0.729. The van der Waals surface area contributed by atoms with Crippen LogP contribution < -0.4 is 10.9 Å². The molecule has 0 unspecified atom stereocenters. The maximum absolute atomic E-state index is 13.5. The summed E-state index contributed by atoms with van der Waals surface area (Å²) in [4.78, 5) is 33.0. The number of hydrogen-bond donors (Lipinski definition) is 1. The molecule has 0 aliphatic heterocycles. The minimum atomic E-state index is -0.132. The lowest BCUT2D eigenvalue weighted by Gasteiger charge is -2.13. The number of carbonyl (C=O) groups is 1. The minimum Gasteiger partial charge on any atom is -0.310 e. The molecule has 7 nitrogen and oxygen atoms in total. The summed E-state index contributed by atoms with van der Waals surface area (Å²) in [7, 11) is 1.80. The van der Waals surface area contributed by atoms with Crippen molar-refractivity contribution in [2.75, 3.05) is 11.1 Å². The molecule has 3 heterocycles. The van der Waals surface area contributed by atoms with Crippen molar-refractivity contribution in [1.82, 2.24) is 19.3 Å². The van der Waals surface area contributed by atoms with Gasteiger partial charge in [-0.1, -0.05) is 31.5 Å². The first kappa shape index (κ1) is 22.1. The highest BCUT2D eigenvalue weighted by molar-refractivity contribution is 7.99. The number of nitrogens with zero attached hydrogens (tertiary/aromatic N) is 4. The number of hydrogen-bond acceptors (Lipinski definition) is 6. The summed E-state index contributed by atoms with van der Waals surface area (Å²) in [5.41, 5.74) is 2.13. The van der Waals surface area contributed by atoms with Crippen molar-refractivity contribution in [3.05, 3.63) is 32.6 Å². The van der Waals surface area contributed by atoms with Crippen LogP contribution in [0.3, 0.4) is 0 Å². The van der Waals surface area contributed by atoms with Gasteiger partial charge >= 0.3 is 0 Å². The maximum Gasteiger partial charge on any atom is 0.263 e. The van der Waals surface area contributed by atoms with Crippen LogP contribution in [0.5, 0.6) is 0 Å². The van der Waals surface area contributed by atoms with Crippen molar-refractivity contribution in [2.45, 2.75) is 70.5 Å². The molecular weight excluding hydrogens is 430 g/mol. The van der Waals surface area contributed by atoms with E-state index in [2.05, 4.69) is 17.3 Å². The molecule has 4 rings (SSSR count). The van der Waals surface area contributed by atoms with Crippen molar-refractivity contribution >= 4 is 45.0 Å². The molecule has 0 aromatic carbocycles. The monoisotopic (exact) mass is 459 g/mol. The summed E-state index contributed by atoms with van der Waals surface area (Å²) in [5, 5.41) is 8.60. The predicted octanol–water partition coefficient (Wildman–Crippen LogP) is 4.30. The smallest absolute Gasteiger partial charge is 0.263 e. The van der Waals surface area contributed by atoms with Crippen LogP contribution in [-0.4, -0.2) is 31.0 Å². The second-order valence-corrected chi connectivity index (χ2v) is 10.1. The van der Waals surface area contributed by atoms with E-state index in [1.165, 1.54) is 28.6 Å². The highest BCUT2D eigenvalue weighted by Gasteiger charge is 2.22. The largest absolute Gasteiger partial charge is 0.310 e. The Bertz CT molecular complexity index is 1160. The Hall–Kier alpha value is -2.13. The molecule has 1 amide bonds. The van der Waals surface area contributed by atoms with Crippen LogP contribution >= 0.6 is 23.1 Å². The second kappa shape index (κ2) is 9.56. The van der Waals surface area contributed by atoms with Gasteiger partial charge in [-0.05, 0) is 44.6 Å². The van der Waals surface area contributed by atoms with Gasteiger partial charge in [-0.25, -0.2) is 4.98 Å². The first-order valence-corrected chi connectivity index (χ1v) is 12.8. The summed E-state index contributed by atoms with van der Waals surface area (Å²) in [6.07, 6.45) is 7.42. The van der Waals surface area contributed by atoms with Crippen molar-refractivity contribution in [2.24, 2.45) is 7.05 Å². The van der Waals surface area contributed by atoms with Crippen molar-refractivity contribution in [3.63, 3.8) is 0 Å². The van der Waals surface area contributed by atoms with E-state index in [1.807, 2.05) is 13.0 Å². The van der Waals surface area contributed by atoms with Crippen LogP contribution in [-0.2, 0) is 31.2 Å². The number of unbranched alkanes of at least 4 members (excludes halogenated alkanes) is 2. The minimum absolute atomic E-state index is 0.0608. The number of carbonyl (C=O) groups excluding carboxylic acids is 1. The van der Waals surface area contributed by atoms with E-state index in [0.29, 0.717) is 17.5 Å². The average molecular weight is 460 g/mol. The quantitative estimate of drug-likeness (QED) is 0.309. The van der Waals surface area contributed by atoms with Crippen LogP contribution in [0.25, 0.3) is 10.2 Å². The molecule has 166 valence electrons. The number of thioether (sulfide) groups is 1. The summed E-state index contributed by atoms with van der Waals surface area (Å²) in [6.45, 7) is 4.68. The normalized spacial score (nSPS) is 13.5. The molecule has 0 bridgehead atoms. The lowest BCUT2D eigenvalue weighted by Crippen LogP contribution is -2.25. The van der Waals surface area contributed by atoms with E-state index >= 15 is 0 Å². The third-order valence-electron chi connectivity index (χ3n) is 5.63. The zero-order chi connectivity index (χ0) is 22.0. The number of aromatic nitrogens is 4. The first-order chi connectivity index (χ1) is 15.0. The Morgan fingerprint density at radius 2 is 2.10 bits per heavy atom. The topological polar surface area (TPSA) is 81.8 Å². The van der Waals surface area contributed by atoms with Crippen LogP contribution in [0.2, 0.25) is 0 Å². The first-order valence-electron chi connectivity index (χ1n) is 11.0.